The molecule has 0 aliphatic carbocycles. The van der Waals surface area contributed by atoms with E-state index in [1.807, 2.05) is 19.1 Å². The summed E-state index contributed by atoms with van der Waals surface area (Å²) < 4.78 is 1.10. The maximum Gasteiger partial charge on any atom is 0.253 e. The summed E-state index contributed by atoms with van der Waals surface area (Å²) in [5, 5.41) is 12.7. The van der Waals surface area contributed by atoms with E-state index >= 15 is 0 Å². The molecule has 0 atom stereocenters. The Morgan fingerprint density at radius 2 is 2.31 bits per heavy atom. The van der Waals surface area contributed by atoms with Crippen LogP contribution < -0.4 is 21.0 Å². The summed E-state index contributed by atoms with van der Waals surface area (Å²) in [7, 11) is 0. The Labute approximate surface area is 80.0 Å². The van der Waals surface area contributed by atoms with Gasteiger partial charge < -0.3 is 5.21 Å². The molecule has 1 N–H and O–H groups in total. The summed E-state index contributed by atoms with van der Waals surface area (Å²) in [5.74, 6) is 0. The van der Waals surface area contributed by atoms with Crippen LogP contribution in [-0.2, 0) is 0 Å². The summed E-state index contributed by atoms with van der Waals surface area (Å²) in [6, 6.07) is 5.58. The third-order valence-electron chi connectivity index (χ3n) is 1.84. The molecule has 0 bridgehead atoms. The Balaban J connectivity index is 2.80. The summed E-state index contributed by atoms with van der Waals surface area (Å²) in [5.41, 5.74) is 3.42. The first-order chi connectivity index (χ1) is 6.16. The quantitative estimate of drug-likeness (QED) is 0.350. The normalized spacial score (nSPS) is 14.6. The van der Waals surface area contributed by atoms with Crippen molar-refractivity contribution in [3.8, 4) is 0 Å². The monoisotopic (exact) mass is 197 g/mol. The Bertz CT molecular complexity index is 457. The van der Waals surface area contributed by atoms with Gasteiger partial charge in [-0.05, 0) is 18.6 Å². The summed E-state index contributed by atoms with van der Waals surface area (Å²) in [4.78, 5) is 0.634. The number of fused-ring (bicyclic) bond motifs is 1. The Kier molecular flexibility index (Phi) is 1.77. The van der Waals surface area contributed by atoms with E-state index in [0.29, 0.717) is 10.2 Å². The summed E-state index contributed by atoms with van der Waals surface area (Å²) in [6.07, 6.45) is 1.64. The molecule has 2 rings (SSSR count). The third kappa shape index (κ3) is 1.40. The molecule has 68 valence electrons. The first kappa shape index (κ1) is 8.19. The van der Waals surface area contributed by atoms with Gasteiger partial charge in [0, 0.05) is 17.8 Å². The van der Waals surface area contributed by atoms with Crippen molar-refractivity contribution in [2.24, 2.45) is 0 Å². The van der Waals surface area contributed by atoms with E-state index < -0.39 is 0 Å². The van der Waals surface area contributed by atoms with Gasteiger partial charge in [-0.15, -0.1) is 0 Å². The predicted molar refractivity (Wildman–Crippen MR) is 50.3 cm³/mol. The predicted octanol–water partition coefficient (Wildman–Crippen LogP) is -0.389. The number of rotatable bonds is 0. The van der Waals surface area contributed by atoms with Crippen LogP contribution >= 0.6 is 11.8 Å². The molecule has 4 nitrogen and oxygen atoms in total. The minimum absolute atomic E-state index is 0.580. The molecule has 1 aliphatic heterocycles. The first-order valence-electron chi connectivity index (χ1n) is 3.81. The van der Waals surface area contributed by atoms with Gasteiger partial charge in [-0.2, -0.15) is 4.53 Å². The molecule has 1 aromatic carbocycles. The second-order valence-corrected chi connectivity index (χ2v) is 3.26. The lowest BCUT2D eigenvalue weighted by Crippen LogP contribution is -2.52. The van der Waals surface area contributed by atoms with Crippen LogP contribution in [0.15, 0.2) is 18.2 Å². The molecule has 1 aliphatic rings. The zero-order valence-corrected chi connectivity index (χ0v) is 7.75. The van der Waals surface area contributed by atoms with E-state index in [0.717, 1.165) is 15.3 Å². The van der Waals surface area contributed by atoms with E-state index in [-0.39, 0.29) is 0 Å². The van der Waals surface area contributed by atoms with Crippen LogP contribution in [-0.4, -0.2) is 4.53 Å². The molecule has 5 heteroatoms. The summed E-state index contributed by atoms with van der Waals surface area (Å²) in [6.45, 7) is 1.93. The van der Waals surface area contributed by atoms with E-state index in [9.17, 15) is 5.21 Å². The smallest absolute Gasteiger partial charge is 0.253 e. The molecule has 0 radical (unpaired) electrons. The van der Waals surface area contributed by atoms with Crippen LogP contribution in [0.2, 0.25) is 0 Å². The van der Waals surface area contributed by atoms with Crippen LogP contribution in [0.1, 0.15) is 5.56 Å². The van der Waals surface area contributed by atoms with Crippen molar-refractivity contribution in [3.05, 3.63) is 39.5 Å². The largest absolute Gasteiger partial charge is 0.594 e. The van der Waals surface area contributed by atoms with Crippen LogP contribution in [0.4, 0.5) is 0 Å². The third-order valence-corrected chi connectivity index (χ3v) is 2.02. The van der Waals surface area contributed by atoms with Gasteiger partial charge in [-0.3, -0.25) is 0 Å². The maximum atomic E-state index is 11.3. The zero-order chi connectivity index (χ0) is 9.42. The lowest BCUT2D eigenvalue weighted by Gasteiger charge is -2.14. The van der Waals surface area contributed by atoms with Gasteiger partial charge in [0.05, 0.1) is 11.4 Å². The number of halogens is 1. The summed E-state index contributed by atoms with van der Waals surface area (Å²) >= 11 is 5.60. The van der Waals surface area contributed by atoms with Gasteiger partial charge in [-0.1, -0.05) is 16.4 Å². The maximum absolute atomic E-state index is 11.3. The molecule has 0 unspecified atom stereocenters. The lowest BCUT2D eigenvalue weighted by atomic mass is 10.2. The zero-order valence-electron chi connectivity index (χ0n) is 6.99. The van der Waals surface area contributed by atoms with Crippen molar-refractivity contribution in [1.82, 2.24) is 14.9 Å². The number of hydrogen-bond acceptors (Lipinski definition) is 3. The fraction of sp³-hybridized carbons (Fsp3) is 0.125. The van der Waals surface area contributed by atoms with E-state index in [1.165, 1.54) is 0 Å². The van der Waals surface area contributed by atoms with Crippen LogP contribution in [0.3, 0.4) is 0 Å². The molecule has 0 saturated carbocycles. The second kappa shape index (κ2) is 2.81. The van der Waals surface area contributed by atoms with Crippen molar-refractivity contribution in [3.63, 3.8) is 0 Å². The molecule has 1 aromatic rings. The molecular weight excluding hydrogens is 190 g/mol. The second-order valence-electron chi connectivity index (χ2n) is 2.90. The Hall–Kier alpha value is -1.42. The Morgan fingerprint density at radius 1 is 1.54 bits per heavy atom. The molecule has 0 saturated heterocycles. The van der Waals surface area contributed by atoms with Crippen LogP contribution in [0, 0.1) is 12.1 Å². The van der Waals surface area contributed by atoms with E-state index in [1.54, 1.807) is 12.3 Å². The number of nitrogens with zero attached hydrogens (tertiary/aromatic N) is 2. The number of hydrazine groups is 2. The van der Waals surface area contributed by atoms with E-state index in [2.05, 4.69) is 5.53 Å². The number of aryl methyl sites for hydroxylation is 1. The van der Waals surface area contributed by atoms with Gasteiger partial charge in [0.25, 0.3) is 5.36 Å². The minimum atomic E-state index is 0.580. The van der Waals surface area contributed by atoms with Gasteiger partial charge in [0.15, 0.2) is 0 Å². The molecule has 0 amide bonds. The van der Waals surface area contributed by atoms with Crippen LogP contribution in [0.25, 0.3) is 6.20 Å². The molecule has 13 heavy (non-hydrogen) atoms. The topological polar surface area (TPSA) is 41.3 Å². The van der Waals surface area contributed by atoms with Gasteiger partial charge in [0.1, 0.15) is 0 Å². The first-order valence-corrected chi connectivity index (χ1v) is 4.15. The van der Waals surface area contributed by atoms with Gasteiger partial charge in [-0.25, -0.2) is 0 Å². The van der Waals surface area contributed by atoms with Crippen molar-refractivity contribution >= 4 is 18.0 Å². The SMILES string of the molecule is Cc1ccc2c(c1)=[N+]([O-])NN(Cl)C=2. The highest BCUT2D eigenvalue weighted by molar-refractivity contribution is 6.15. The minimum Gasteiger partial charge on any atom is -0.594 e. The van der Waals surface area contributed by atoms with Crippen molar-refractivity contribution in [1.29, 1.82) is 0 Å². The average Bonchev–Trinajstić information content (AvgIpc) is 2.06. The molecule has 0 fully saturated rings. The van der Waals surface area contributed by atoms with Crippen molar-refractivity contribution in [2.45, 2.75) is 6.92 Å². The average molecular weight is 198 g/mol. The van der Waals surface area contributed by atoms with Gasteiger partial charge >= 0.3 is 0 Å². The highest BCUT2D eigenvalue weighted by Crippen LogP contribution is 1.91. The fourth-order valence-electron chi connectivity index (χ4n) is 1.23. The molecule has 1 heterocycles. The highest BCUT2D eigenvalue weighted by Gasteiger charge is 2.08. The van der Waals surface area contributed by atoms with Crippen molar-refractivity contribution in [2.75, 3.05) is 0 Å². The van der Waals surface area contributed by atoms with E-state index in [4.69, 9.17) is 11.8 Å². The molecule has 0 aromatic heterocycles. The highest BCUT2D eigenvalue weighted by atomic mass is 35.5. The van der Waals surface area contributed by atoms with Crippen molar-refractivity contribution < 1.29 is 0 Å². The fourth-order valence-corrected chi connectivity index (χ4v) is 1.40. The standard InChI is InChI=1S/C8H8ClN3O/c1-6-2-3-7-5-11(9)10-12(13)8(7)4-6/h2-5,10H,1H3. The van der Waals surface area contributed by atoms with Crippen LogP contribution in [0.5, 0.6) is 0 Å². The number of nitrogens with one attached hydrogen (secondary N) is 1. The lowest BCUT2D eigenvalue weighted by molar-refractivity contribution is 0.357. The molecular formula is C8H8ClN3O. The number of hydrogen-bond donors (Lipinski definition) is 1. The number of benzene rings is 1. The van der Waals surface area contributed by atoms with Gasteiger partial charge in [0.2, 0.25) is 0 Å². The Morgan fingerprint density at radius 3 is 3.08 bits per heavy atom. The molecule has 0 spiro atoms.